The number of anilines is 2. The molecule has 2 aromatic heterocycles. The monoisotopic (exact) mass is 372 g/mol. The minimum atomic E-state index is -0.422. The first-order valence-electron chi connectivity index (χ1n) is 9.46. The summed E-state index contributed by atoms with van der Waals surface area (Å²) in [5.41, 5.74) is 2.18. The van der Waals surface area contributed by atoms with Crippen molar-refractivity contribution in [1.29, 1.82) is 0 Å². The Kier molecular flexibility index (Phi) is 4.67. The summed E-state index contributed by atoms with van der Waals surface area (Å²) in [4.78, 5) is 21.4. The van der Waals surface area contributed by atoms with E-state index in [2.05, 4.69) is 15.0 Å². The van der Waals surface area contributed by atoms with E-state index in [1.54, 1.807) is 0 Å². The second-order valence-electron chi connectivity index (χ2n) is 7.33. The summed E-state index contributed by atoms with van der Waals surface area (Å²) in [6.45, 7) is 3.89. The van der Waals surface area contributed by atoms with E-state index in [-0.39, 0.29) is 5.82 Å². The lowest BCUT2D eigenvalue weighted by molar-refractivity contribution is -0.0802. The highest BCUT2D eigenvalue weighted by Gasteiger charge is 2.43. The zero-order chi connectivity index (χ0) is 19.0. The van der Waals surface area contributed by atoms with E-state index >= 15 is 0 Å². The van der Waals surface area contributed by atoms with Crippen LogP contribution >= 0.6 is 0 Å². The van der Waals surface area contributed by atoms with E-state index in [1.165, 1.54) is 6.33 Å². The van der Waals surface area contributed by atoms with Crippen molar-refractivity contribution in [3.05, 3.63) is 35.3 Å². The molecule has 0 radical (unpaired) electrons. The average Bonchev–Trinajstić information content (AvgIpc) is 2.69. The van der Waals surface area contributed by atoms with Crippen molar-refractivity contribution >= 4 is 11.8 Å². The third-order valence-electron chi connectivity index (χ3n) is 5.48. The summed E-state index contributed by atoms with van der Waals surface area (Å²) in [7, 11) is 3.87. The number of hydrogen-bond donors (Lipinski definition) is 0. The molecule has 2 aliphatic heterocycles. The van der Waals surface area contributed by atoms with Gasteiger partial charge in [0.25, 0.3) is 0 Å². The van der Waals surface area contributed by atoms with Crippen LogP contribution in [0.4, 0.5) is 16.2 Å². The first-order valence-corrected chi connectivity index (χ1v) is 9.46. The number of nitrogens with zero attached hydrogens (tertiary/aromatic N) is 6. The Morgan fingerprint density at radius 2 is 2.00 bits per heavy atom. The molecule has 0 aliphatic carbocycles. The van der Waals surface area contributed by atoms with Gasteiger partial charge in [-0.1, -0.05) is 6.92 Å². The Morgan fingerprint density at radius 1 is 1.22 bits per heavy atom. The number of piperidine rings is 1. The van der Waals surface area contributed by atoms with Crippen molar-refractivity contribution < 1.29 is 9.13 Å². The Bertz CT molecular complexity index is 835. The summed E-state index contributed by atoms with van der Waals surface area (Å²) in [5, 5.41) is 0. The smallest absolute Gasteiger partial charge is 0.225 e. The van der Waals surface area contributed by atoms with E-state index < -0.39 is 5.60 Å². The second kappa shape index (κ2) is 6.99. The largest absolute Gasteiger partial charge is 0.368 e. The fourth-order valence-corrected chi connectivity index (χ4v) is 3.94. The van der Waals surface area contributed by atoms with Gasteiger partial charge in [-0.05, 0) is 31.2 Å². The predicted molar refractivity (Wildman–Crippen MR) is 101 cm³/mol. The summed E-state index contributed by atoms with van der Waals surface area (Å²) in [5.74, 6) is 0.776. The number of fused-ring (bicyclic) bond motifs is 2. The van der Waals surface area contributed by atoms with Crippen LogP contribution in [0.1, 0.15) is 36.7 Å². The van der Waals surface area contributed by atoms with E-state index in [9.17, 15) is 4.39 Å². The van der Waals surface area contributed by atoms with Gasteiger partial charge in [-0.2, -0.15) is 0 Å². The Morgan fingerprint density at radius 3 is 2.70 bits per heavy atom. The molecule has 7 nitrogen and oxygen atoms in total. The van der Waals surface area contributed by atoms with Gasteiger partial charge in [-0.25, -0.2) is 24.3 Å². The molecule has 0 aromatic carbocycles. The first-order chi connectivity index (χ1) is 13.0. The average molecular weight is 372 g/mol. The van der Waals surface area contributed by atoms with Gasteiger partial charge in [0, 0.05) is 33.4 Å². The molecule has 0 unspecified atom stereocenters. The standard InChI is InChI=1S/C19H25FN6O/c1-4-14-15(20)17(23-12-22-14)26-8-6-19(7-9-26)16-13(5-10-27-19)11-21-18(24-16)25(2)3/h11-12H,4-10H2,1-3H3. The molecule has 4 rings (SSSR count). The quantitative estimate of drug-likeness (QED) is 0.817. The van der Waals surface area contributed by atoms with Gasteiger partial charge in [-0.3, -0.25) is 0 Å². The molecule has 0 atom stereocenters. The molecular formula is C19H25FN6O. The Hall–Kier alpha value is -2.35. The number of rotatable bonds is 3. The highest BCUT2D eigenvalue weighted by Crippen LogP contribution is 2.41. The van der Waals surface area contributed by atoms with Crippen LogP contribution in [0.5, 0.6) is 0 Å². The molecule has 0 amide bonds. The van der Waals surface area contributed by atoms with E-state index in [0.29, 0.717) is 43.6 Å². The summed E-state index contributed by atoms with van der Waals surface area (Å²) in [6.07, 6.45) is 6.24. The lowest BCUT2D eigenvalue weighted by atomic mass is 9.83. The molecule has 1 fully saturated rings. The van der Waals surface area contributed by atoms with Crippen LogP contribution < -0.4 is 9.80 Å². The summed E-state index contributed by atoms with van der Waals surface area (Å²) < 4.78 is 20.9. The van der Waals surface area contributed by atoms with Gasteiger partial charge in [0.05, 0.1) is 18.0 Å². The van der Waals surface area contributed by atoms with Gasteiger partial charge in [0.2, 0.25) is 5.95 Å². The number of aromatic nitrogens is 4. The number of hydrogen-bond acceptors (Lipinski definition) is 7. The first kappa shape index (κ1) is 18.0. The number of aryl methyl sites for hydroxylation is 1. The molecule has 0 N–H and O–H groups in total. The highest BCUT2D eigenvalue weighted by molar-refractivity contribution is 5.43. The van der Waals surface area contributed by atoms with Crippen molar-refractivity contribution in [2.75, 3.05) is 43.6 Å². The van der Waals surface area contributed by atoms with Gasteiger partial charge >= 0.3 is 0 Å². The van der Waals surface area contributed by atoms with Crippen LogP contribution in [0.3, 0.4) is 0 Å². The molecule has 4 heterocycles. The fraction of sp³-hybridized carbons (Fsp3) is 0.579. The molecule has 8 heteroatoms. The predicted octanol–water partition coefficient (Wildman–Crippen LogP) is 2.10. The third kappa shape index (κ3) is 3.12. The van der Waals surface area contributed by atoms with Crippen molar-refractivity contribution in [2.45, 2.75) is 38.2 Å². The van der Waals surface area contributed by atoms with Crippen molar-refractivity contribution in [3.8, 4) is 0 Å². The maximum atomic E-state index is 14.6. The van der Waals surface area contributed by atoms with Gasteiger partial charge in [-0.15, -0.1) is 0 Å². The van der Waals surface area contributed by atoms with Crippen molar-refractivity contribution in [3.63, 3.8) is 0 Å². The van der Waals surface area contributed by atoms with E-state index in [4.69, 9.17) is 9.72 Å². The van der Waals surface area contributed by atoms with Gasteiger partial charge in [0.15, 0.2) is 11.6 Å². The molecule has 0 bridgehead atoms. The molecule has 2 aromatic rings. The van der Waals surface area contributed by atoms with Gasteiger partial charge in [0.1, 0.15) is 11.9 Å². The summed E-state index contributed by atoms with van der Waals surface area (Å²) in [6, 6.07) is 0. The topological polar surface area (TPSA) is 67.3 Å². The van der Waals surface area contributed by atoms with Crippen LogP contribution in [0, 0.1) is 5.82 Å². The second-order valence-corrected chi connectivity index (χ2v) is 7.33. The van der Waals surface area contributed by atoms with Gasteiger partial charge < -0.3 is 14.5 Å². The van der Waals surface area contributed by atoms with Crippen LogP contribution in [0.25, 0.3) is 0 Å². The van der Waals surface area contributed by atoms with Crippen molar-refractivity contribution in [2.24, 2.45) is 0 Å². The molecular weight excluding hydrogens is 347 g/mol. The van der Waals surface area contributed by atoms with Crippen LogP contribution in [0.2, 0.25) is 0 Å². The van der Waals surface area contributed by atoms with Crippen LogP contribution in [-0.4, -0.2) is 53.7 Å². The molecule has 1 spiro atoms. The minimum absolute atomic E-state index is 0.307. The highest BCUT2D eigenvalue weighted by atomic mass is 19.1. The molecule has 0 saturated carbocycles. The zero-order valence-electron chi connectivity index (χ0n) is 16.1. The molecule has 2 aliphatic rings. The number of ether oxygens (including phenoxy) is 1. The van der Waals surface area contributed by atoms with Crippen LogP contribution in [0.15, 0.2) is 12.5 Å². The van der Waals surface area contributed by atoms with E-state index in [0.717, 1.165) is 30.5 Å². The SMILES string of the molecule is CCc1ncnc(N2CCC3(CC2)OCCc2cnc(N(C)C)nc23)c1F. The normalized spacial score (nSPS) is 18.4. The van der Waals surface area contributed by atoms with Crippen molar-refractivity contribution in [1.82, 2.24) is 19.9 Å². The Balaban J connectivity index is 1.60. The minimum Gasteiger partial charge on any atom is -0.368 e. The Labute approximate surface area is 158 Å². The lowest BCUT2D eigenvalue weighted by Gasteiger charge is -2.44. The molecule has 1 saturated heterocycles. The summed E-state index contributed by atoms with van der Waals surface area (Å²) >= 11 is 0. The van der Waals surface area contributed by atoms with Crippen LogP contribution in [-0.2, 0) is 23.2 Å². The third-order valence-corrected chi connectivity index (χ3v) is 5.48. The maximum absolute atomic E-state index is 14.6. The maximum Gasteiger partial charge on any atom is 0.225 e. The lowest BCUT2D eigenvalue weighted by Crippen LogP contribution is -2.48. The van der Waals surface area contributed by atoms with E-state index in [1.807, 2.05) is 37.0 Å². The molecule has 144 valence electrons. The fourth-order valence-electron chi connectivity index (χ4n) is 3.94. The zero-order valence-corrected chi connectivity index (χ0v) is 16.1. The number of halogens is 1. The molecule has 27 heavy (non-hydrogen) atoms.